The molecule has 2 aromatic carbocycles. The van der Waals surface area contributed by atoms with Crippen molar-refractivity contribution in [1.29, 1.82) is 0 Å². The van der Waals surface area contributed by atoms with Gasteiger partial charge in [0.15, 0.2) is 5.96 Å². The molecule has 0 atom stereocenters. The van der Waals surface area contributed by atoms with Crippen molar-refractivity contribution >= 4 is 23.2 Å². The number of methoxy groups -OCH3 is 2. The number of aliphatic imine (C=N–C) groups is 1. The average molecular weight is 342 g/mol. The van der Waals surface area contributed by atoms with E-state index in [1.54, 1.807) is 32.4 Å². The molecule has 7 heteroatoms. The van der Waals surface area contributed by atoms with Crippen LogP contribution in [0, 0.1) is 0 Å². The van der Waals surface area contributed by atoms with E-state index >= 15 is 0 Å². The van der Waals surface area contributed by atoms with E-state index in [2.05, 4.69) is 15.6 Å². The zero-order valence-corrected chi connectivity index (χ0v) is 14.5. The highest BCUT2D eigenvalue weighted by molar-refractivity contribution is 5.94. The largest absolute Gasteiger partial charge is 0.497 e. The molecule has 132 valence electrons. The number of nitrogens with two attached hydrogens (primary N) is 1. The Hall–Kier alpha value is -3.22. The number of benzene rings is 2. The minimum Gasteiger partial charge on any atom is -0.497 e. The summed E-state index contributed by atoms with van der Waals surface area (Å²) in [7, 11) is 3.17. The predicted octanol–water partition coefficient (Wildman–Crippen LogP) is 2.59. The van der Waals surface area contributed by atoms with E-state index in [0.29, 0.717) is 23.7 Å². The second-order valence-corrected chi connectivity index (χ2v) is 5.27. The van der Waals surface area contributed by atoms with Gasteiger partial charge in [0.25, 0.3) is 0 Å². The highest BCUT2D eigenvalue weighted by Crippen LogP contribution is 2.28. The van der Waals surface area contributed by atoms with Crippen molar-refractivity contribution in [3.8, 4) is 11.5 Å². The van der Waals surface area contributed by atoms with Crippen LogP contribution in [0.4, 0.5) is 11.4 Å². The molecule has 0 saturated heterocycles. The van der Waals surface area contributed by atoms with E-state index in [1.807, 2.05) is 24.3 Å². The molecule has 25 heavy (non-hydrogen) atoms. The number of carbonyl (C=O) groups is 1. The lowest BCUT2D eigenvalue weighted by Gasteiger charge is -2.12. The smallest absolute Gasteiger partial charge is 0.221 e. The van der Waals surface area contributed by atoms with Crippen LogP contribution in [-0.4, -0.2) is 26.1 Å². The van der Waals surface area contributed by atoms with Crippen LogP contribution in [-0.2, 0) is 11.3 Å². The molecule has 0 saturated carbocycles. The van der Waals surface area contributed by atoms with Crippen LogP contribution in [0.3, 0.4) is 0 Å². The summed E-state index contributed by atoms with van der Waals surface area (Å²) < 4.78 is 10.5. The van der Waals surface area contributed by atoms with Crippen LogP contribution in [0.5, 0.6) is 11.5 Å². The Bertz CT molecular complexity index is 775. The molecular formula is C18H22N4O3. The van der Waals surface area contributed by atoms with Crippen LogP contribution in [0.15, 0.2) is 47.5 Å². The SMILES string of the molecule is COc1ccc(OC)c(NC(N)=NCc2cccc(NC(C)=O)c2)c1. The summed E-state index contributed by atoms with van der Waals surface area (Å²) in [6.07, 6.45) is 0. The summed E-state index contributed by atoms with van der Waals surface area (Å²) in [6, 6.07) is 12.8. The topological polar surface area (TPSA) is 98.0 Å². The van der Waals surface area contributed by atoms with E-state index in [-0.39, 0.29) is 11.9 Å². The Morgan fingerprint density at radius 1 is 1.12 bits per heavy atom. The Balaban J connectivity index is 2.08. The number of hydrogen-bond donors (Lipinski definition) is 3. The Labute approximate surface area is 146 Å². The second kappa shape index (κ2) is 8.58. The summed E-state index contributed by atoms with van der Waals surface area (Å²) >= 11 is 0. The van der Waals surface area contributed by atoms with Gasteiger partial charge < -0.3 is 25.8 Å². The minimum atomic E-state index is -0.119. The molecule has 2 aromatic rings. The van der Waals surface area contributed by atoms with Crippen LogP contribution in [0.25, 0.3) is 0 Å². The molecule has 4 N–H and O–H groups in total. The molecule has 0 heterocycles. The minimum absolute atomic E-state index is 0.119. The standard InChI is InChI=1S/C18H22N4O3/c1-12(23)21-14-6-4-5-13(9-14)11-20-18(19)22-16-10-15(24-2)7-8-17(16)25-3/h4-10H,11H2,1-3H3,(H,21,23)(H3,19,20,22). The fourth-order valence-electron chi connectivity index (χ4n) is 2.22. The zero-order valence-electron chi connectivity index (χ0n) is 14.5. The monoisotopic (exact) mass is 342 g/mol. The molecule has 0 aliphatic heterocycles. The average Bonchev–Trinajstić information content (AvgIpc) is 2.59. The van der Waals surface area contributed by atoms with Gasteiger partial charge in [0.05, 0.1) is 26.5 Å². The Morgan fingerprint density at radius 3 is 2.60 bits per heavy atom. The molecule has 1 amide bonds. The maximum absolute atomic E-state index is 11.1. The molecular weight excluding hydrogens is 320 g/mol. The molecule has 2 rings (SSSR count). The van der Waals surface area contributed by atoms with Crippen molar-refractivity contribution in [3.63, 3.8) is 0 Å². The van der Waals surface area contributed by atoms with E-state index < -0.39 is 0 Å². The Kier molecular flexibility index (Phi) is 6.22. The molecule has 7 nitrogen and oxygen atoms in total. The molecule has 0 bridgehead atoms. The van der Waals surface area contributed by atoms with Crippen molar-refractivity contribution in [1.82, 2.24) is 0 Å². The predicted molar refractivity (Wildman–Crippen MR) is 99.2 cm³/mol. The van der Waals surface area contributed by atoms with E-state index in [9.17, 15) is 4.79 Å². The number of nitrogens with one attached hydrogen (secondary N) is 2. The molecule has 0 radical (unpaired) electrons. The molecule has 0 aromatic heterocycles. The van der Waals surface area contributed by atoms with Crippen molar-refractivity contribution < 1.29 is 14.3 Å². The van der Waals surface area contributed by atoms with Crippen LogP contribution in [0.1, 0.15) is 12.5 Å². The quantitative estimate of drug-likeness (QED) is 0.554. The molecule has 0 spiro atoms. The van der Waals surface area contributed by atoms with Gasteiger partial charge in [0.2, 0.25) is 5.91 Å². The highest BCUT2D eigenvalue weighted by atomic mass is 16.5. The van der Waals surface area contributed by atoms with Crippen LogP contribution < -0.4 is 25.8 Å². The number of hydrogen-bond acceptors (Lipinski definition) is 4. The fraction of sp³-hybridized carbons (Fsp3) is 0.222. The fourth-order valence-corrected chi connectivity index (χ4v) is 2.22. The third-order valence-corrected chi connectivity index (χ3v) is 3.35. The summed E-state index contributed by atoms with van der Waals surface area (Å²) in [6.45, 7) is 1.84. The van der Waals surface area contributed by atoms with Gasteiger partial charge in [-0.25, -0.2) is 4.99 Å². The number of anilines is 2. The van der Waals surface area contributed by atoms with Gasteiger partial charge in [0, 0.05) is 18.7 Å². The highest BCUT2D eigenvalue weighted by Gasteiger charge is 2.06. The number of guanidine groups is 1. The van der Waals surface area contributed by atoms with Gasteiger partial charge in [0.1, 0.15) is 11.5 Å². The van der Waals surface area contributed by atoms with Crippen molar-refractivity contribution in [2.24, 2.45) is 10.7 Å². The number of nitrogens with zero attached hydrogens (tertiary/aromatic N) is 1. The van der Waals surface area contributed by atoms with Crippen molar-refractivity contribution in [2.75, 3.05) is 24.9 Å². The lowest BCUT2D eigenvalue weighted by molar-refractivity contribution is -0.114. The summed E-state index contributed by atoms with van der Waals surface area (Å²) in [5.41, 5.74) is 8.27. The lowest BCUT2D eigenvalue weighted by Crippen LogP contribution is -2.23. The third-order valence-electron chi connectivity index (χ3n) is 3.35. The van der Waals surface area contributed by atoms with Crippen molar-refractivity contribution in [3.05, 3.63) is 48.0 Å². The maximum atomic E-state index is 11.1. The summed E-state index contributed by atoms with van der Waals surface area (Å²) in [5.74, 6) is 1.44. The number of rotatable bonds is 6. The summed E-state index contributed by atoms with van der Waals surface area (Å²) in [4.78, 5) is 15.4. The summed E-state index contributed by atoms with van der Waals surface area (Å²) in [5, 5.41) is 5.74. The lowest BCUT2D eigenvalue weighted by atomic mass is 10.2. The second-order valence-electron chi connectivity index (χ2n) is 5.27. The van der Waals surface area contributed by atoms with Crippen molar-refractivity contribution in [2.45, 2.75) is 13.5 Å². The van der Waals surface area contributed by atoms with Gasteiger partial charge in [-0.2, -0.15) is 0 Å². The van der Waals surface area contributed by atoms with E-state index in [0.717, 1.165) is 11.3 Å². The van der Waals surface area contributed by atoms with Crippen LogP contribution >= 0.6 is 0 Å². The molecule has 0 unspecified atom stereocenters. The van der Waals surface area contributed by atoms with Gasteiger partial charge in [-0.1, -0.05) is 12.1 Å². The van der Waals surface area contributed by atoms with E-state index in [1.165, 1.54) is 6.92 Å². The normalized spacial score (nSPS) is 10.9. The van der Waals surface area contributed by atoms with Crippen LogP contribution in [0.2, 0.25) is 0 Å². The first-order chi connectivity index (χ1) is 12.0. The number of amides is 1. The maximum Gasteiger partial charge on any atom is 0.221 e. The molecule has 0 aliphatic carbocycles. The zero-order chi connectivity index (χ0) is 18.2. The number of ether oxygens (including phenoxy) is 2. The van der Waals surface area contributed by atoms with Gasteiger partial charge in [-0.15, -0.1) is 0 Å². The first kappa shape index (κ1) is 18.1. The van der Waals surface area contributed by atoms with Gasteiger partial charge in [-0.05, 0) is 29.8 Å². The first-order valence-corrected chi connectivity index (χ1v) is 7.67. The first-order valence-electron chi connectivity index (χ1n) is 7.67. The Morgan fingerprint density at radius 2 is 1.92 bits per heavy atom. The number of carbonyl (C=O) groups excluding carboxylic acids is 1. The molecule has 0 aliphatic rings. The van der Waals surface area contributed by atoms with Gasteiger partial charge >= 0.3 is 0 Å². The molecule has 0 fully saturated rings. The van der Waals surface area contributed by atoms with E-state index in [4.69, 9.17) is 15.2 Å². The van der Waals surface area contributed by atoms with Gasteiger partial charge in [-0.3, -0.25) is 4.79 Å². The third kappa shape index (κ3) is 5.42.